The summed E-state index contributed by atoms with van der Waals surface area (Å²) in [5.41, 5.74) is 2.69. The van der Waals surface area contributed by atoms with Gasteiger partial charge < -0.3 is 5.32 Å². The van der Waals surface area contributed by atoms with Crippen molar-refractivity contribution in [1.82, 2.24) is 24.6 Å². The second kappa shape index (κ2) is 6.93. The molecule has 4 rings (SSSR count). The van der Waals surface area contributed by atoms with Crippen LogP contribution in [0.2, 0.25) is 0 Å². The number of aromatic nitrogens is 4. The number of benzene rings is 1. The zero-order valence-electron chi connectivity index (χ0n) is 16.1. The van der Waals surface area contributed by atoms with E-state index in [2.05, 4.69) is 20.4 Å². The lowest BCUT2D eigenvalue weighted by Crippen LogP contribution is -2.45. The number of amides is 3. The molecule has 0 spiro atoms. The van der Waals surface area contributed by atoms with Gasteiger partial charge >= 0.3 is 0 Å². The van der Waals surface area contributed by atoms with Gasteiger partial charge in [-0.3, -0.25) is 19.3 Å². The molecule has 0 radical (unpaired) electrons. The van der Waals surface area contributed by atoms with E-state index in [1.807, 2.05) is 19.9 Å². The van der Waals surface area contributed by atoms with Crippen LogP contribution in [0.15, 0.2) is 42.7 Å². The lowest BCUT2D eigenvalue weighted by Gasteiger charge is -2.21. The predicted octanol–water partition coefficient (Wildman–Crippen LogP) is 1.90. The number of hydrogen-bond acceptors (Lipinski definition) is 6. The summed E-state index contributed by atoms with van der Waals surface area (Å²) >= 11 is 0. The van der Waals surface area contributed by atoms with E-state index in [4.69, 9.17) is 0 Å². The van der Waals surface area contributed by atoms with Gasteiger partial charge in [-0.1, -0.05) is 12.1 Å². The smallest absolute Gasteiger partial charge is 0.262 e. The summed E-state index contributed by atoms with van der Waals surface area (Å²) in [6, 6.07) is 7.43. The summed E-state index contributed by atoms with van der Waals surface area (Å²) in [6.45, 7) is 5.27. The van der Waals surface area contributed by atoms with E-state index >= 15 is 0 Å². The van der Waals surface area contributed by atoms with Gasteiger partial charge in [-0.15, -0.1) is 0 Å². The monoisotopic (exact) mass is 390 g/mol. The number of carbonyl (C=O) groups is 3. The molecular weight excluding hydrogens is 372 g/mol. The topological polar surface area (TPSA) is 110 Å². The quantitative estimate of drug-likeness (QED) is 0.682. The van der Waals surface area contributed by atoms with Gasteiger partial charge in [-0.05, 0) is 39.0 Å². The minimum absolute atomic E-state index is 0.301. The Morgan fingerprint density at radius 3 is 2.14 bits per heavy atom. The lowest BCUT2D eigenvalue weighted by molar-refractivity contribution is -0.119. The first-order valence-corrected chi connectivity index (χ1v) is 9.00. The highest BCUT2D eigenvalue weighted by Gasteiger charge is 2.40. The zero-order valence-corrected chi connectivity index (χ0v) is 16.1. The van der Waals surface area contributed by atoms with Crippen molar-refractivity contribution in [1.29, 1.82) is 0 Å². The zero-order chi connectivity index (χ0) is 20.7. The Hall–Kier alpha value is -3.88. The van der Waals surface area contributed by atoms with Crippen molar-refractivity contribution in [2.24, 2.45) is 0 Å². The largest absolute Gasteiger partial charge is 0.322 e. The van der Waals surface area contributed by atoms with E-state index in [9.17, 15) is 14.4 Å². The molecule has 0 aliphatic carbocycles. The number of nitrogens with zero attached hydrogens (tertiary/aromatic N) is 5. The van der Waals surface area contributed by atoms with E-state index < -0.39 is 23.8 Å². The van der Waals surface area contributed by atoms with Crippen molar-refractivity contribution in [3.8, 4) is 5.95 Å². The van der Waals surface area contributed by atoms with Crippen LogP contribution in [-0.4, -0.2) is 48.4 Å². The molecule has 1 unspecified atom stereocenters. The van der Waals surface area contributed by atoms with E-state index in [0.29, 0.717) is 22.8 Å². The van der Waals surface area contributed by atoms with E-state index in [1.165, 1.54) is 19.3 Å². The molecule has 3 amide bonds. The van der Waals surface area contributed by atoms with Crippen LogP contribution >= 0.6 is 0 Å². The Bertz CT molecular complexity index is 1100. The Kier molecular flexibility index (Phi) is 4.42. The number of aryl methyl sites for hydroxylation is 2. The van der Waals surface area contributed by atoms with Gasteiger partial charge in [0.1, 0.15) is 6.04 Å². The number of imide groups is 1. The lowest BCUT2D eigenvalue weighted by atomic mass is 10.1. The number of fused-ring (bicyclic) bond motifs is 1. The van der Waals surface area contributed by atoms with Crippen LogP contribution in [0.25, 0.3) is 5.95 Å². The molecule has 0 fully saturated rings. The summed E-state index contributed by atoms with van der Waals surface area (Å²) in [5.74, 6) is -1.10. The Balaban J connectivity index is 1.49. The van der Waals surface area contributed by atoms with Gasteiger partial charge in [-0.25, -0.2) is 14.6 Å². The molecule has 1 aliphatic heterocycles. The highest BCUT2D eigenvalue weighted by Crippen LogP contribution is 2.24. The molecule has 2 aromatic heterocycles. The first-order valence-electron chi connectivity index (χ1n) is 9.00. The van der Waals surface area contributed by atoms with E-state index in [-0.39, 0.29) is 0 Å². The summed E-state index contributed by atoms with van der Waals surface area (Å²) in [5, 5.41) is 6.96. The minimum atomic E-state index is -0.988. The van der Waals surface area contributed by atoms with Crippen molar-refractivity contribution >= 4 is 23.4 Å². The molecule has 0 bridgehead atoms. The number of carbonyl (C=O) groups excluding carboxylic acids is 3. The molecule has 0 saturated carbocycles. The van der Waals surface area contributed by atoms with Gasteiger partial charge in [0.05, 0.1) is 34.9 Å². The van der Waals surface area contributed by atoms with Crippen LogP contribution in [0, 0.1) is 13.8 Å². The maximum absolute atomic E-state index is 12.6. The summed E-state index contributed by atoms with van der Waals surface area (Å²) in [4.78, 5) is 47.1. The summed E-state index contributed by atoms with van der Waals surface area (Å²) in [6.07, 6.45) is 2.90. The normalized spacial score (nSPS) is 14.1. The molecule has 29 heavy (non-hydrogen) atoms. The van der Waals surface area contributed by atoms with Gasteiger partial charge in [-0.2, -0.15) is 5.10 Å². The van der Waals surface area contributed by atoms with Crippen molar-refractivity contribution in [2.75, 3.05) is 5.32 Å². The van der Waals surface area contributed by atoms with Crippen molar-refractivity contribution < 1.29 is 14.4 Å². The molecule has 9 nitrogen and oxygen atoms in total. The molecule has 1 atom stereocenters. The van der Waals surface area contributed by atoms with Crippen LogP contribution in [-0.2, 0) is 4.79 Å². The standard InChI is InChI=1S/C20H18N6O3/c1-11-8-12(2)26(24-11)20-21-9-14(10-22-20)23-17(27)13(3)25-18(28)15-6-4-5-7-16(15)19(25)29/h4-10,13H,1-3H3,(H,23,27). The maximum Gasteiger partial charge on any atom is 0.262 e. The van der Waals surface area contributed by atoms with Crippen LogP contribution < -0.4 is 5.32 Å². The Morgan fingerprint density at radius 1 is 1.03 bits per heavy atom. The van der Waals surface area contributed by atoms with Crippen LogP contribution in [0.5, 0.6) is 0 Å². The Morgan fingerprint density at radius 2 is 1.62 bits per heavy atom. The average Bonchev–Trinajstić information content (AvgIpc) is 3.18. The molecule has 3 heterocycles. The van der Waals surface area contributed by atoms with Gasteiger partial charge in [0.25, 0.3) is 17.8 Å². The molecule has 1 N–H and O–H groups in total. The molecule has 1 aliphatic rings. The third kappa shape index (κ3) is 3.16. The van der Waals surface area contributed by atoms with Crippen LogP contribution in [0.4, 0.5) is 5.69 Å². The van der Waals surface area contributed by atoms with E-state index in [0.717, 1.165) is 16.3 Å². The molecule has 1 aromatic carbocycles. The van der Waals surface area contributed by atoms with Crippen molar-refractivity contribution in [3.63, 3.8) is 0 Å². The SMILES string of the molecule is Cc1cc(C)n(-c2ncc(NC(=O)C(C)N3C(=O)c4ccccc4C3=O)cn2)n1. The fraction of sp³-hybridized carbons (Fsp3) is 0.200. The molecule has 0 saturated heterocycles. The van der Waals surface area contributed by atoms with Gasteiger partial charge in [0.2, 0.25) is 5.91 Å². The summed E-state index contributed by atoms with van der Waals surface area (Å²) < 4.78 is 1.60. The first-order chi connectivity index (χ1) is 13.9. The number of nitrogens with one attached hydrogen (secondary N) is 1. The van der Waals surface area contributed by atoms with Gasteiger partial charge in [0.15, 0.2) is 0 Å². The number of rotatable bonds is 4. The predicted molar refractivity (Wildman–Crippen MR) is 104 cm³/mol. The van der Waals surface area contributed by atoms with Crippen molar-refractivity contribution in [2.45, 2.75) is 26.8 Å². The van der Waals surface area contributed by atoms with Gasteiger partial charge in [0, 0.05) is 5.69 Å². The second-order valence-electron chi connectivity index (χ2n) is 6.80. The van der Waals surface area contributed by atoms with Crippen LogP contribution in [0.1, 0.15) is 39.0 Å². The third-order valence-corrected chi connectivity index (χ3v) is 4.70. The third-order valence-electron chi connectivity index (χ3n) is 4.70. The number of anilines is 1. The summed E-state index contributed by atoms with van der Waals surface area (Å²) in [7, 11) is 0. The first kappa shape index (κ1) is 18.5. The van der Waals surface area contributed by atoms with E-state index in [1.54, 1.807) is 28.9 Å². The Labute approximate surface area is 166 Å². The highest BCUT2D eigenvalue weighted by molar-refractivity contribution is 6.23. The molecule has 9 heteroatoms. The average molecular weight is 390 g/mol. The fourth-order valence-corrected chi connectivity index (χ4v) is 3.25. The number of hydrogen-bond donors (Lipinski definition) is 1. The molecular formula is C20H18N6O3. The minimum Gasteiger partial charge on any atom is -0.322 e. The molecule has 146 valence electrons. The maximum atomic E-state index is 12.6. The van der Waals surface area contributed by atoms with Crippen molar-refractivity contribution in [3.05, 3.63) is 65.2 Å². The fourth-order valence-electron chi connectivity index (χ4n) is 3.25. The highest BCUT2D eigenvalue weighted by atomic mass is 16.2. The molecule has 3 aromatic rings. The van der Waals surface area contributed by atoms with Crippen LogP contribution in [0.3, 0.4) is 0 Å². The second-order valence-corrected chi connectivity index (χ2v) is 6.80.